The van der Waals surface area contributed by atoms with E-state index in [1.54, 1.807) is 42.5 Å². The van der Waals surface area contributed by atoms with Gasteiger partial charge in [-0.05, 0) is 60.4 Å². The van der Waals surface area contributed by atoms with Crippen LogP contribution < -0.4 is 4.90 Å². The maximum Gasteiger partial charge on any atom is 0.338 e. The Balaban J connectivity index is 1.14. The monoisotopic (exact) mass is 479 g/mol. The van der Waals surface area contributed by atoms with Gasteiger partial charge in [0.2, 0.25) is 11.8 Å². The van der Waals surface area contributed by atoms with Crippen LogP contribution >= 0.6 is 0 Å². The van der Waals surface area contributed by atoms with E-state index in [-0.39, 0.29) is 53.4 Å². The summed E-state index contributed by atoms with van der Waals surface area (Å²) < 4.78 is 5.17. The Hall–Kier alpha value is -4.06. The molecule has 180 valence electrons. The lowest BCUT2D eigenvalue weighted by atomic mass is 9.73. The molecule has 6 heteroatoms. The third-order valence-electron chi connectivity index (χ3n) is 8.03. The van der Waals surface area contributed by atoms with E-state index >= 15 is 0 Å². The van der Waals surface area contributed by atoms with Gasteiger partial charge in [0.25, 0.3) is 0 Å². The zero-order valence-corrected chi connectivity index (χ0v) is 19.6. The van der Waals surface area contributed by atoms with Crippen LogP contribution in [-0.4, -0.2) is 30.2 Å². The summed E-state index contributed by atoms with van der Waals surface area (Å²) in [6.07, 6.45) is 1.86. The Kier molecular flexibility index (Phi) is 5.52. The number of amides is 2. The second-order valence-electron chi connectivity index (χ2n) is 9.89. The predicted octanol–water partition coefficient (Wildman–Crippen LogP) is 4.66. The lowest BCUT2D eigenvalue weighted by Gasteiger charge is -2.28. The van der Waals surface area contributed by atoms with Gasteiger partial charge >= 0.3 is 5.97 Å². The number of hydrogen-bond acceptors (Lipinski definition) is 5. The highest BCUT2D eigenvalue weighted by molar-refractivity contribution is 6.22. The van der Waals surface area contributed by atoms with E-state index in [9.17, 15) is 19.2 Å². The van der Waals surface area contributed by atoms with E-state index in [1.807, 2.05) is 18.2 Å². The summed E-state index contributed by atoms with van der Waals surface area (Å²) >= 11 is 0. The van der Waals surface area contributed by atoms with Gasteiger partial charge in [0.05, 0.1) is 23.1 Å². The Labute approximate surface area is 208 Å². The highest BCUT2D eigenvalue weighted by atomic mass is 16.5. The van der Waals surface area contributed by atoms with Crippen molar-refractivity contribution in [1.29, 1.82) is 0 Å². The third-order valence-corrected chi connectivity index (χ3v) is 8.03. The number of imide groups is 1. The summed E-state index contributed by atoms with van der Waals surface area (Å²) in [6.45, 7) is -0.359. The molecule has 2 aliphatic carbocycles. The molecule has 6 nitrogen and oxygen atoms in total. The van der Waals surface area contributed by atoms with E-state index < -0.39 is 5.97 Å². The smallest absolute Gasteiger partial charge is 0.338 e. The average molecular weight is 480 g/mol. The summed E-state index contributed by atoms with van der Waals surface area (Å²) in [5, 5.41) is 0. The molecular weight excluding hydrogens is 454 g/mol. The van der Waals surface area contributed by atoms with Gasteiger partial charge in [-0.3, -0.25) is 19.3 Å². The lowest BCUT2D eigenvalue weighted by Crippen LogP contribution is -2.33. The zero-order chi connectivity index (χ0) is 24.8. The van der Waals surface area contributed by atoms with Crippen molar-refractivity contribution in [3.63, 3.8) is 0 Å². The van der Waals surface area contributed by atoms with Crippen molar-refractivity contribution in [3.8, 4) is 0 Å². The highest BCUT2D eigenvalue weighted by Crippen LogP contribution is 2.61. The fraction of sp³-hybridized carbons (Fsp3) is 0.267. The number of ether oxygens (including phenoxy) is 1. The number of fused-ring (bicyclic) bond motifs is 5. The van der Waals surface area contributed by atoms with Crippen molar-refractivity contribution in [2.45, 2.75) is 18.8 Å². The van der Waals surface area contributed by atoms with Gasteiger partial charge in [-0.15, -0.1) is 0 Å². The first kappa shape index (κ1) is 22.4. The SMILES string of the molecule is O=C(COC(=O)c1ccc(N2C(=O)[C@@H]3[C@H]4C[C@H]([C@H]3C2=O)[C@@H](c2ccccc2)C4)cc1)c1ccccc1. The van der Waals surface area contributed by atoms with E-state index in [0.29, 0.717) is 17.2 Å². The third kappa shape index (κ3) is 3.65. The molecule has 6 rings (SSSR count). The molecule has 0 spiro atoms. The normalized spacial score (nSPS) is 26.2. The summed E-state index contributed by atoms with van der Waals surface area (Å²) in [5.41, 5.74) is 2.44. The van der Waals surface area contributed by atoms with Crippen LogP contribution in [0.3, 0.4) is 0 Å². The maximum atomic E-state index is 13.5. The number of esters is 1. The van der Waals surface area contributed by atoms with Crippen molar-refractivity contribution < 1.29 is 23.9 Å². The molecule has 2 saturated carbocycles. The van der Waals surface area contributed by atoms with Crippen LogP contribution in [0.1, 0.15) is 45.0 Å². The van der Waals surface area contributed by atoms with Crippen molar-refractivity contribution in [2.75, 3.05) is 11.5 Å². The van der Waals surface area contributed by atoms with E-state index in [0.717, 1.165) is 12.8 Å². The van der Waals surface area contributed by atoms with Crippen molar-refractivity contribution in [3.05, 3.63) is 102 Å². The van der Waals surface area contributed by atoms with Crippen LogP contribution in [0.5, 0.6) is 0 Å². The number of carbonyl (C=O) groups is 4. The van der Waals surface area contributed by atoms with Gasteiger partial charge in [-0.2, -0.15) is 0 Å². The second kappa shape index (κ2) is 8.86. The number of carbonyl (C=O) groups excluding carboxylic acids is 4. The van der Waals surface area contributed by atoms with Crippen LogP contribution in [0.4, 0.5) is 5.69 Å². The van der Waals surface area contributed by atoms with E-state index in [1.165, 1.54) is 22.6 Å². The first-order valence-corrected chi connectivity index (χ1v) is 12.3. The van der Waals surface area contributed by atoms with Gasteiger partial charge in [-0.1, -0.05) is 60.7 Å². The van der Waals surface area contributed by atoms with Crippen molar-refractivity contribution in [1.82, 2.24) is 0 Å². The fourth-order valence-corrected chi connectivity index (χ4v) is 6.47. The van der Waals surface area contributed by atoms with E-state index in [2.05, 4.69) is 12.1 Å². The molecule has 0 radical (unpaired) electrons. The van der Waals surface area contributed by atoms with Gasteiger partial charge in [-0.25, -0.2) is 4.79 Å². The molecule has 0 unspecified atom stereocenters. The summed E-state index contributed by atoms with van der Waals surface area (Å²) in [4.78, 5) is 52.7. The quantitative estimate of drug-likeness (QED) is 0.292. The number of nitrogens with zero attached hydrogens (tertiary/aromatic N) is 1. The van der Waals surface area contributed by atoms with Crippen molar-refractivity contribution >= 4 is 29.3 Å². The van der Waals surface area contributed by atoms with Crippen LogP contribution in [-0.2, 0) is 14.3 Å². The highest BCUT2D eigenvalue weighted by Gasteiger charge is 2.64. The van der Waals surface area contributed by atoms with Gasteiger partial charge in [0, 0.05) is 5.56 Å². The van der Waals surface area contributed by atoms with Crippen molar-refractivity contribution in [2.24, 2.45) is 23.7 Å². The van der Waals surface area contributed by atoms with Crippen LogP contribution in [0.15, 0.2) is 84.9 Å². The molecule has 0 aromatic heterocycles. The Morgan fingerprint density at radius 3 is 2.08 bits per heavy atom. The fourth-order valence-electron chi connectivity index (χ4n) is 6.47. The Morgan fingerprint density at radius 1 is 0.750 bits per heavy atom. The van der Waals surface area contributed by atoms with Gasteiger partial charge in [0.15, 0.2) is 12.4 Å². The molecule has 1 saturated heterocycles. The summed E-state index contributed by atoms with van der Waals surface area (Å²) in [5.74, 6) is -1.01. The molecule has 3 aromatic rings. The number of Topliss-reactive ketones (excluding diaryl/α,β-unsaturated/α-hetero) is 1. The molecule has 1 aliphatic heterocycles. The molecule has 5 atom stereocenters. The number of benzene rings is 3. The number of rotatable bonds is 6. The minimum atomic E-state index is -0.634. The van der Waals surface area contributed by atoms with E-state index in [4.69, 9.17) is 4.74 Å². The number of anilines is 1. The molecule has 2 amide bonds. The largest absolute Gasteiger partial charge is 0.454 e. The molecule has 3 aliphatic rings. The Morgan fingerprint density at radius 2 is 1.39 bits per heavy atom. The second-order valence-corrected chi connectivity index (χ2v) is 9.89. The summed E-state index contributed by atoms with van der Waals surface area (Å²) in [7, 11) is 0. The van der Waals surface area contributed by atoms with Gasteiger partial charge < -0.3 is 4.74 Å². The van der Waals surface area contributed by atoms with Crippen LogP contribution in [0, 0.1) is 23.7 Å². The Bertz CT molecular complexity index is 1330. The molecule has 1 heterocycles. The maximum absolute atomic E-state index is 13.5. The molecule has 36 heavy (non-hydrogen) atoms. The number of ketones is 1. The van der Waals surface area contributed by atoms with Gasteiger partial charge in [0.1, 0.15) is 0 Å². The average Bonchev–Trinajstić information content (AvgIpc) is 3.59. The topological polar surface area (TPSA) is 80.8 Å². The van der Waals surface area contributed by atoms with Crippen LogP contribution in [0.2, 0.25) is 0 Å². The molecule has 3 aromatic carbocycles. The molecular formula is C30H25NO5. The molecule has 3 fully saturated rings. The summed E-state index contributed by atoms with van der Waals surface area (Å²) in [6, 6.07) is 25.2. The minimum absolute atomic E-state index is 0.132. The minimum Gasteiger partial charge on any atom is -0.454 e. The molecule has 0 N–H and O–H groups in total. The molecule has 2 bridgehead atoms. The number of hydrogen-bond donors (Lipinski definition) is 0. The zero-order valence-electron chi connectivity index (χ0n) is 19.6. The lowest BCUT2D eigenvalue weighted by molar-refractivity contribution is -0.123. The van der Waals surface area contributed by atoms with Crippen LogP contribution in [0.25, 0.3) is 0 Å². The standard InChI is InChI=1S/C30H25NO5/c32-25(19-9-5-2-6-10-19)17-36-30(35)20-11-13-22(14-12-20)31-28(33)26-21-15-23(18-7-3-1-4-8-18)24(16-21)27(26)29(31)34/h1-14,21,23-24,26-27H,15-17H2/t21-,23-,24+,26-,27-/m1/s1. The first-order valence-electron chi connectivity index (χ1n) is 12.3. The first-order chi connectivity index (χ1) is 17.5. The predicted molar refractivity (Wildman–Crippen MR) is 132 cm³/mol.